The first kappa shape index (κ1) is 18.0. The summed E-state index contributed by atoms with van der Waals surface area (Å²) in [5.41, 5.74) is 3.34. The van der Waals surface area contributed by atoms with Crippen molar-refractivity contribution >= 4 is 5.91 Å². The lowest BCUT2D eigenvalue weighted by molar-refractivity contribution is -0.163. The van der Waals surface area contributed by atoms with Crippen molar-refractivity contribution in [2.75, 3.05) is 7.11 Å². The SMILES string of the molecule is C=CCC1C(C(=O)NOC)CCC2C3(C)CCCCC3CCC12C. The van der Waals surface area contributed by atoms with Crippen molar-refractivity contribution in [1.29, 1.82) is 0 Å². The molecule has 0 spiro atoms. The van der Waals surface area contributed by atoms with Gasteiger partial charge in [0.2, 0.25) is 5.91 Å². The topological polar surface area (TPSA) is 38.3 Å². The van der Waals surface area contributed by atoms with Gasteiger partial charge in [0.05, 0.1) is 7.11 Å². The fraction of sp³-hybridized carbons (Fsp3) is 0.857. The molecule has 24 heavy (non-hydrogen) atoms. The Morgan fingerprint density at radius 2 is 1.96 bits per heavy atom. The lowest BCUT2D eigenvalue weighted by Crippen LogP contribution is -2.57. The monoisotopic (exact) mass is 333 g/mol. The van der Waals surface area contributed by atoms with Crippen LogP contribution in [0.5, 0.6) is 0 Å². The van der Waals surface area contributed by atoms with Crippen molar-refractivity contribution < 1.29 is 9.63 Å². The van der Waals surface area contributed by atoms with Gasteiger partial charge in [0.15, 0.2) is 0 Å². The Balaban J connectivity index is 1.91. The molecule has 1 N–H and O–H groups in total. The molecule has 3 aliphatic carbocycles. The second-order valence-electron chi connectivity index (χ2n) is 9.03. The number of hydrogen-bond donors (Lipinski definition) is 1. The Kier molecular flexibility index (Phi) is 5.11. The quantitative estimate of drug-likeness (QED) is 0.588. The minimum absolute atomic E-state index is 0.0629. The summed E-state index contributed by atoms with van der Waals surface area (Å²) in [6.45, 7) is 9.05. The minimum Gasteiger partial charge on any atom is -0.277 e. The molecule has 6 unspecified atom stereocenters. The lowest BCUT2D eigenvalue weighted by Gasteiger charge is -2.63. The number of nitrogens with one attached hydrogen (secondary N) is 1. The van der Waals surface area contributed by atoms with Crippen LogP contribution in [0, 0.1) is 34.5 Å². The number of carbonyl (C=O) groups is 1. The van der Waals surface area contributed by atoms with Gasteiger partial charge in [0, 0.05) is 5.92 Å². The van der Waals surface area contributed by atoms with E-state index in [1.165, 1.54) is 52.1 Å². The fourth-order valence-electron chi connectivity index (χ4n) is 6.99. The third-order valence-electron chi connectivity index (χ3n) is 8.13. The van der Waals surface area contributed by atoms with Crippen LogP contribution in [0.25, 0.3) is 0 Å². The zero-order valence-electron chi connectivity index (χ0n) is 15.8. The molecule has 3 saturated carbocycles. The molecule has 3 rings (SSSR count). The Labute approximate surface area is 147 Å². The van der Waals surface area contributed by atoms with Crippen LogP contribution in [0.1, 0.15) is 71.6 Å². The molecule has 0 aromatic rings. The van der Waals surface area contributed by atoms with E-state index in [1.807, 2.05) is 6.08 Å². The molecule has 0 aromatic carbocycles. The Morgan fingerprint density at radius 3 is 2.67 bits per heavy atom. The highest BCUT2D eigenvalue weighted by Crippen LogP contribution is 2.66. The maximum Gasteiger partial charge on any atom is 0.246 e. The molecule has 3 aliphatic rings. The van der Waals surface area contributed by atoms with E-state index in [2.05, 4.69) is 25.9 Å². The van der Waals surface area contributed by atoms with Crippen LogP contribution < -0.4 is 5.48 Å². The van der Waals surface area contributed by atoms with Crippen LogP contribution in [0.4, 0.5) is 0 Å². The molecule has 0 aromatic heterocycles. The van der Waals surface area contributed by atoms with E-state index in [0.29, 0.717) is 11.3 Å². The summed E-state index contributed by atoms with van der Waals surface area (Å²) in [5.74, 6) is 2.18. The van der Waals surface area contributed by atoms with Crippen molar-refractivity contribution in [3.63, 3.8) is 0 Å². The van der Waals surface area contributed by atoms with E-state index in [9.17, 15) is 4.79 Å². The van der Waals surface area contributed by atoms with Gasteiger partial charge < -0.3 is 0 Å². The maximum atomic E-state index is 12.6. The lowest BCUT2D eigenvalue weighted by atomic mass is 9.41. The predicted molar refractivity (Wildman–Crippen MR) is 97.1 cm³/mol. The largest absolute Gasteiger partial charge is 0.277 e. The molecule has 3 heteroatoms. The molecule has 0 aliphatic heterocycles. The first-order chi connectivity index (χ1) is 11.5. The van der Waals surface area contributed by atoms with E-state index in [-0.39, 0.29) is 17.2 Å². The van der Waals surface area contributed by atoms with Crippen molar-refractivity contribution in [1.82, 2.24) is 5.48 Å². The molecule has 1 amide bonds. The Hall–Kier alpha value is -0.830. The van der Waals surface area contributed by atoms with E-state index >= 15 is 0 Å². The third-order valence-corrected chi connectivity index (χ3v) is 8.13. The van der Waals surface area contributed by atoms with E-state index < -0.39 is 0 Å². The van der Waals surface area contributed by atoms with E-state index in [0.717, 1.165) is 24.7 Å². The van der Waals surface area contributed by atoms with Gasteiger partial charge in [0.25, 0.3) is 0 Å². The number of hydroxylamine groups is 1. The smallest absolute Gasteiger partial charge is 0.246 e. The van der Waals surface area contributed by atoms with Crippen LogP contribution in [0.15, 0.2) is 12.7 Å². The molecule has 0 heterocycles. The van der Waals surface area contributed by atoms with Gasteiger partial charge in [-0.1, -0.05) is 32.8 Å². The fourth-order valence-corrected chi connectivity index (χ4v) is 6.99. The summed E-state index contributed by atoms with van der Waals surface area (Å²) in [5, 5.41) is 0. The maximum absolute atomic E-state index is 12.6. The highest BCUT2D eigenvalue weighted by Gasteiger charge is 2.59. The average Bonchev–Trinajstić information content (AvgIpc) is 2.55. The summed E-state index contributed by atoms with van der Waals surface area (Å²) in [6.07, 6.45) is 13.4. The molecule has 0 saturated heterocycles. The van der Waals surface area contributed by atoms with Gasteiger partial charge in [-0.15, -0.1) is 6.58 Å². The first-order valence-electron chi connectivity index (χ1n) is 9.91. The van der Waals surface area contributed by atoms with E-state index in [4.69, 9.17) is 4.84 Å². The van der Waals surface area contributed by atoms with Crippen LogP contribution in [-0.2, 0) is 9.63 Å². The van der Waals surface area contributed by atoms with Crippen LogP contribution in [0.2, 0.25) is 0 Å². The van der Waals surface area contributed by atoms with Gasteiger partial charge in [0.1, 0.15) is 0 Å². The number of carbonyl (C=O) groups excluding carboxylic acids is 1. The molecule has 0 radical (unpaired) electrons. The molecule has 136 valence electrons. The molecule has 3 fully saturated rings. The number of amides is 1. The van der Waals surface area contributed by atoms with Crippen LogP contribution in [0.3, 0.4) is 0 Å². The standard InChI is InChI=1S/C21H35NO2/c1-5-8-17-16(19(23)22-24-4)10-11-18-20(2)13-7-6-9-15(20)12-14-21(17,18)3/h5,15-18H,1,6-14H2,2-4H3,(H,22,23). The minimum atomic E-state index is 0.0629. The summed E-state index contributed by atoms with van der Waals surface area (Å²) < 4.78 is 0. The van der Waals surface area contributed by atoms with Gasteiger partial charge in [-0.25, -0.2) is 5.48 Å². The molecule has 3 nitrogen and oxygen atoms in total. The second-order valence-corrected chi connectivity index (χ2v) is 9.03. The van der Waals surface area contributed by atoms with Gasteiger partial charge >= 0.3 is 0 Å². The highest BCUT2D eigenvalue weighted by atomic mass is 16.6. The number of rotatable bonds is 4. The van der Waals surface area contributed by atoms with Crippen molar-refractivity contribution in [3.8, 4) is 0 Å². The average molecular weight is 334 g/mol. The predicted octanol–water partition coefficient (Wildman–Crippen LogP) is 4.88. The first-order valence-corrected chi connectivity index (χ1v) is 9.91. The van der Waals surface area contributed by atoms with Crippen LogP contribution in [-0.4, -0.2) is 13.0 Å². The number of allylic oxidation sites excluding steroid dienone is 1. The third kappa shape index (κ3) is 2.73. The van der Waals surface area contributed by atoms with Crippen molar-refractivity contribution in [2.45, 2.75) is 71.6 Å². The zero-order chi connectivity index (χ0) is 17.4. The molecule has 6 atom stereocenters. The zero-order valence-corrected chi connectivity index (χ0v) is 15.8. The summed E-state index contributed by atoms with van der Waals surface area (Å²) in [6, 6.07) is 0. The summed E-state index contributed by atoms with van der Waals surface area (Å²) in [7, 11) is 1.53. The van der Waals surface area contributed by atoms with Gasteiger partial charge in [-0.2, -0.15) is 0 Å². The Bertz CT molecular complexity index is 490. The van der Waals surface area contributed by atoms with Crippen LogP contribution >= 0.6 is 0 Å². The van der Waals surface area contributed by atoms with Gasteiger partial charge in [-0.05, 0) is 73.5 Å². The van der Waals surface area contributed by atoms with Crippen molar-refractivity contribution in [2.24, 2.45) is 34.5 Å². The van der Waals surface area contributed by atoms with Gasteiger partial charge in [-0.3, -0.25) is 9.63 Å². The van der Waals surface area contributed by atoms with Crippen molar-refractivity contribution in [3.05, 3.63) is 12.7 Å². The molecule has 0 bridgehead atoms. The highest BCUT2D eigenvalue weighted by molar-refractivity contribution is 5.78. The van der Waals surface area contributed by atoms with E-state index in [1.54, 1.807) is 0 Å². The normalized spacial score (nSPS) is 45.0. The summed E-state index contributed by atoms with van der Waals surface area (Å²) in [4.78, 5) is 17.5. The molecular formula is C21H35NO2. The second kappa shape index (κ2) is 6.82. The summed E-state index contributed by atoms with van der Waals surface area (Å²) >= 11 is 0. The molecular weight excluding hydrogens is 298 g/mol. The Morgan fingerprint density at radius 1 is 1.17 bits per heavy atom. The number of hydrogen-bond acceptors (Lipinski definition) is 2. The number of fused-ring (bicyclic) bond motifs is 3.